The van der Waals surface area contributed by atoms with Gasteiger partial charge in [-0.3, -0.25) is 4.79 Å². The van der Waals surface area contributed by atoms with Crippen molar-refractivity contribution in [3.8, 4) is 5.75 Å². The molecule has 1 amide bonds. The maximum absolute atomic E-state index is 11.9. The van der Waals surface area contributed by atoms with Gasteiger partial charge in [0.1, 0.15) is 12.4 Å². The van der Waals surface area contributed by atoms with Crippen LogP contribution in [0.2, 0.25) is 5.02 Å². The summed E-state index contributed by atoms with van der Waals surface area (Å²) in [5, 5.41) is 11.4. The summed E-state index contributed by atoms with van der Waals surface area (Å²) in [6, 6.07) is 4.71. The minimum Gasteiger partial charge on any atom is -0.496 e. The molecule has 0 heterocycles. The number of carbonyl (C=O) groups is 2. The van der Waals surface area contributed by atoms with E-state index in [0.717, 1.165) is 0 Å². The highest BCUT2D eigenvalue weighted by molar-refractivity contribution is 6.31. The molecule has 1 aromatic carbocycles. The number of carboxylic acids is 1. The van der Waals surface area contributed by atoms with Gasteiger partial charge in [0, 0.05) is 11.6 Å². The van der Waals surface area contributed by atoms with Gasteiger partial charge in [-0.2, -0.15) is 0 Å². The van der Waals surface area contributed by atoms with Crippen LogP contribution >= 0.6 is 11.6 Å². The first kappa shape index (κ1) is 15.3. The van der Waals surface area contributed by atoms with Crippen LogP contribution in [0.4, 0.5) is 0 Å². The Labute approximate surface area is 115 Å². The van der Waals surface area contributed by atoms with Crippen molar-refractivity contribution in [2.45, 2.75) is 0 Å². The number of halogens is 1. The Morgan fingerprint density at radius 1 is 1.42 bits per heavy atom. The van der Waals surface area contributed by atoms with Crippen LogP contribution in [0.1, 0.15) is 10.4 Å². The van der Waals surface area contributed by atoms with Crippen molar-refractivity contribution in [2.24, 2.45) is 0 Å². The highest BCUT2D eigenvalue weighted by atomic mass is 35.5. The van der Waals surface area contributed by atoms with Crippen molar-refractivity contribution in [3.05, 3.63) is 28.8 Å². The van der Waals surface area contributed by atoms with E-state index < -0.39 is 12.6 Å². The van der Waals surface area contributed by atoms with Crippen LogP contribution in [0.5, 0.6) is 5.75 Å². The summed E-state index contributed by atoms with van der Waals surface area (Å²) in [6.07, 6.45) is 0. The number of benzene rings is 1. The zero-order valence-electron chi connectivity index (χ0n) is 10.3. The van der Waals surface area contributed by atoms with E-state index in [4.69, 9.17) is 26.2 Å². The van der Waals surface area contributed by atoms with E-state index in [-0.39, 0.29) is 19.1 Å². The summed E-state index contributed by atoms with van der Waals surface area (Å²) in [4.78, 5) is 22.0. The van der Waals surface area contributed by atoms with Crippen molar-refractivity contribution in [3.63, 3.8) is 0 Å². The maximum Gasteiger partial charge on any atom is 0.329 e. The molecule has 0 aliphatic carbocycles. The van der Waals surface area contributed by atoms with Gasteiger partial charge in [-0.25, -0.2) is 4.79 Å². The van der Waals surface area contributed by atoms with Gasteiger partial charge < -0.3 is 19.9 Å². The van der Waals surface area contributed by atoms with Gasteiger partial charge in [0.05, 0.1) is 19.3 Å². The molecule has 104 valence electrons. The Balaban J connectivity index is 2.49. The lowest BCUT2D eigenvalue weighted by atomic mass is 10.2. The van der Waals surface area contributed by atoms with Crippen LogP contribution in [0.15, 0.2) is 18.2 Å². The van der Waals surface area contributed by atoms with E-state index in [1.165, 1.54) is 13.2 Å². The molecule has 0 aliphatic rings. The quantitative estimate of drug-likeness (QED) is 0.736. The second-order valence-electron chi connectivity index (χ2n) is 3.55. The zero-order valence-corrected chi connectivity index (χ0v) is 11.1. The summed E-state index contributed by atoms with van der Waals surface area (Å²) < 4.78 is 9.84. The predicted molar refractivity (Wildman–Crippen MR) is 68.8 cm³/mol. The molecule has 0 saturated carbocycles. The Hall–Kier alpha value is -1.79. The molecule has 0 bridgehead atoms. The second-order valence-corrected chi connectivity index (χ2v) is 3.98. The minimum atomic E-state index is -1.05. The number of nitrogens with one attached hydrogen (secondary N) is 1. The van der Waals surface area contributed by atoms with E-state index in [9.17, 15) is 9.59 Å². The lowest BCUT2D eigenvalue weighted by Crippen LogP contribution is -2.28. The number of hydrogen-bond donors (Lipinski definition) is 2. The zero-order chi connectivity index (χ0) is 14.3. The molecule has 1 aromatic rings. The SMILES string of the molecule is COc1ccc(Cl)cc1C(=O)NCCOCC(=O)O. The van der Waals surface area contributed by atoms with Crippen molar-refractivity contribution in [1.82, 2.24) is 5.32 Å². The fourth-order valence-electron chi connectivity index (χ4n) is 1.35. The van der Waals surface area contributed by atoms with E-state index >= 15 is 0 Å². The third-order valence-electron chi connectivity index (χ3n) is 2.16. The lowest BCUT2D eigenvalue weighted by Gasteiger charge is -2.09. The van der Waals surface area contributed by atoms with Crippen molar-refractivity contribution < 1.29 is 24.2 Å². The number of aliphatic carboxylic acids is 1. The third-order valence-corrected chi connectivity index (χ3v) is 2.40. The molecule has 2 N–H and O–H groups in total. The van der Waals surface area contributed by atoms with E-state index in [0.29, 0.717) is 16.3 Å². The molecule has 0 spiro atoms. The maximum atomic E-state index is 11.9. The molecular weight excluding hydrogens is 274 g/mol. The lowest BCUT2D eigenvalue weighted by molar-refractivity contribution is -0.142. The molecule has 0 atom stereocenters. The number of carboxylic acid groups (broad SMARTS) is 1. The van der Waals surface area contributed by atoms with E-state index in [1.54, 1.807) is 12.1 Å². The van der Waals surface area contributed by atoms with Crippen LogP contribution in [0.25, 0.3) is 0 Å². The van der Waals surface area contributed by atoms with Gasteiger partial charge in [-0.15, -0.1) is 0 Å². The fourth-order valence-corrected chi connectivity index (χ4v) is 1.52. The van der Waals surface area contributed by atoms with Crippen molar-refractivity contribution in [2.75, 3.05) is 26.9 Å². The van der Waals surface area contributed by atoms with Gasteiger partial charge in [-0.05, 0) is 18.2 Å². The van der Waals surface area contributed by atoms with E-state index in [1.807, 2.05) is 0 Å². The Morgan fingerprint density at radius 2 is 2.16 bits per heavy atom. The van der Waals surface area contributed by atoms with Crippen molar-refractivity contribution >= 4 is 23.5 Å². The molecule has 0 aliphatic heterocycles. The number of amides is 1. The van der Waals surface area contributed by atoms with Gasteiger partial charge in [0.25, 0.3) is 5.91 Å². The molecule has 0 unspecified atom stereocenters. The predicted octanol–water partition coefficient (Wildman–Crippen LogP) is 1.18. The first-order valence-electron chi connectivity index (χ1n) is 5.46. The number of carbonyl (C=O) groups excluding carboxylic acids is 1. The smallest absolute Gasteiger partial charge is 0.329 e. The Kier molecular flexibility index (Phi) is 6.11. The average molecular weight is 288 g/mol. The fraction of sp³-hybridized carbons (Fsp3) is 0.333. The molecule has 0 aromatic heterocycles. The molecule has 6 nitrogen and oxygen atoms in total. The van der Waals surface area contributed by atoms with Crippen LogP contribution < -0.4 is 10.1 Å². The molecule has 0 fully saturated rings. The number of hydrogen-bond acceptors (Lipinski definition) is 4. The summed E-state index contributed by atoms with van der Waals surface area (Å²) in [5.74, 6) is -1.01. The van der Waals surface area contributed by atoms with Gasteiger partial charge in [0.2, 0.25) is 0 Å². The van der Waals surface area contributed by atoms with Crippen LogP contribution in [0.3, 0.4) is 0 Å². The van der Waals surface area contributed by atoms with Gasteiger partial charge in [0.15, 0.2) is 0 Å². The van der Waals surface area contributed by atoms with Crippen LogP contribution in [0, 0.1) is 0 Å². The number of rotatable bonds is 7. The third kappa shape index (κ3) is 5.15. The summed E-state index contributed by atoms with van der Waals surface area (Å²) in [6.45, 7) is -0.0843. The largest absolute Gasteiger partial charge is 0.496 e. The highest BCUT2D eigenvalue weighted by Crippen LogP contribution is 2.22. The molecule has 0 radical (unpaired) electrons. The van der Waals surface area contributed by atoms with Gasteiger partial charge in [-0.1, -0.05) is 11.6 Å². The normalized spacial score (nSPS) is 10.0. The summed E-state index contributed by atoms with van der Waals surface area (Å²) in [7, 11) is 1.45. The Morgan fingerprint density at radius 3 is 2.79 bits per heavy atom. The second kappa shape index (κ2) is 7.60. The minimum absolute atomic E-state index is 0.112. The number of methoxy groups -OCH3 is 1. The van der Waals surface area contributed by atoms with E-state index in [2.05, 4.69) is 5.32 Å². The summed E-state index contributed by atoms with van der Waals surface area (Å²) in [5.41, 5.74) is 0.313. The molecule has 0 saturated heterocycles. The standard InChI is InChI=1S/C12H14ClNO5/c1-18-10-3-2-8(13)6-9(10)12(17)14-4-5-19-7-11(15)16/h2-3,6H,4-5,7H2,1H3,(H,14,17)(H,15,16). The molecular formula is C12H14ClNO5. The highest BCUT2D eigenvalue weighted by Gasteiger charge is 2.12. The van der Waals surface area contributed by atoms with Crippen LogP contribution in [-0.4, -0.2) is 43.9 Å². The topological polar surface area (TPSA) is 84.9 Å². The first-order valence-corrected chi connectivity index (χ1v) is 5.83. The summed E-state index contributed by atoms with van der Waals surface area (Å²) >= 11 is 5.81. The first-order chi connectivity index (χ1) is 9.04. The monoisotopic (exact) mass is 287 g/mol. The molecule has 19 heavy (non-hydrogen) atoms. The van der Waals surface area contributed by atoms with Gasteiger partial charge >= 0.3 is 5.97 Å². The molecule has 7 heteroatoms. The average Bonchev–Trinajstić information content (AvgIpc) is 2.37. The Bertz CT molecular complexity index is 463. The molecule has 1 rings (SSSR count). The van der Waals surface area contributed by atoms with Crippen LogP contribution in [-0.2, 0) is 9.53 Å². The van der Waals surface area contributed by atoms with Crippen molar-refractivity contribution in [1.29, 1.82) is 0 Å². The number of ether oxygens (including phenoxy) is 2.